The van der Waals surface area contributed by atoms with Crippen LogP contribution in [0.5, 0.6) is 0 Å². The molecule has 0 saturated carbocycles. The van der Waals surface area contributed by atoms with E-state index in [4.69, 9.17) is 4.74 Å². The summed E-state index contributed by atoms with van der Waals surface area (Å²) in [6, 6.07) is 0. The number of hydrogen-bond acceptors (Lipinski definition) is 3. The van der Waals surface area contributed by atoms with Gasteiger partial charge in [0.1, 0.15) is 0 Å². The first-order valence-corrected chi connectivity index (χ1v) is 8.14. The molecule has 0 aromatic rings. The van der Waals surface area contributed by atoms with E-state index in [2.05, 4.69) is 12.2 Å². The van der Waals surface area contributed by atoms with Crippen molar-refractivity contribution >= 4 is 0 Å². The number of halogens is 3. The SMILES string of the molecule is CCCNCC1CCC(CN2CCCC(C(F)(F)F)C2)O1. The number of piperidine rings is 1. The zero-order valence-electron chi connectivity index (χ0n) is 12.8. The average Bonchev–Trinajstić information content (AvgIpc) is 2.86. The predicted octanol–water partition coefficient (Wildman–Crippen LogP) is 2.81. The van der Waals surface area contributed by atoms with Gasteiger partial charge >= 0.3 is 6.18 Å². The van der Waals surface area contributed by atoms with Crippen LogP contribution in [-0.2, 0) is 4.74 Å². The van der Waals surface area contributed by atoms with Crippen molar-refractivity contribution in [3.63, 3.8) is 0 Å². The first-order chi connectivity index (χ1) is 9.99. The van der Waals surface area contributed by atoms with Crippen molar-refractivity contribution in [1.82, 2.24) is 10.2 Å². The Bertz CT molecular complexity index is 312. The Kier molecular flexibility index (Phi) is 6.32. The van der Waals surface area contributed by atoms with Crippen molar-refractivity contribution in [3.05, 3.63) is 0 Å². The van der Waals surface area contributed by atoms with Gasteiger partial charge in [-0.1, -0.05) is 6.92 Å². The third-order valence-corrected chi connectivity index (χ3v) is 4.42. The molecule has 0 aromatic carbocycles. The normalized spacial score (nSPS) is 31.7. The summed E-state index contributed by atoms with van der Waals surface area (Å²) in [5, 5.41) is 3.34. The highest BCUT2D eigenvalue weighted by Gasteiger charge is 2.42. The summed E-state index contributed by atoms with van der Waals surface area (Å²) in [6.07, 6.45) is 0.261. The Morgan fingerprint density at radius 1 is 1.19 bits per heavy atom. The molecule has 0 amide bonds. The van der Waals surface area contributed by atoms with Gasteiger partial charge in [-0.15, -0.1) is 0 Å². The largest absolute Gasteiger partial charge is 0.393 e. The molecule has 1 N–H and O–H groups in total. The van der Waals surface area contributed by atoms with E-state index < -0.39 is 12.1 Å². The fourth-order valence-corrected chi connectivity index (χ4v) is 3.28. The van der Waals surface area contributed by atoms with Gasteiger partial charge in [0.2, 0.25) is 0 Å². The Morgan fingerprint density at radius 3 is 2.67 bits per heavy atom. The van der Waals surface area contributed by atoms with Gasteiger partial charge in [0.05, 0.1) is 18.1 Å². The molecular formula is C15H27F3N2O. The van der Waals surface area contributed by atoms with Crippen molar-refractivity contribution in [2.45, 2.75) is 57.4 Å². The number of likely N-dealkylation sites (tertiary alicyclic amines) is 1. The molecule has 124 valence electrons. The molecule has 2 aliphatic heterocycles. The number of rotatable bonds is 6. The molecule has 0 bridgehead atoms. The Labute approximate surface area is 125 Å². The van der Waals surface area contributed by atoms with E-state index in [1.165, 1.54) is 0 Å². The fraction of sp³-hybridized carbons (Fsp3) is 1.00. The molecule has 2 heterocycles. The highest BCUT2D eigenvalue weighted by molar-refractivity contribution is 4.82. The number of alkyl halides is 3. The van der Waals surface area contributed by atoms with Crippen LogP contribution in [0.15, 0.2) is 0 Å². The number of nitrogens with zero attached hydrogens (tertiary/aromatic N) is 1. The zero-order valence-corrected chi connectivity index (χ0v) is 12.8. The third-order valence-electron chi connectivity index (χ3n) is 4.42. The van der Waals surface area contributed by atoms with Gasteiger partial charge in [0, 0.05) is 19.6 Å². The Balaban J connectivity index is 1.70. The summed E-state index contributed by atoms with van der Waals surface area (Å²) in [7, 11) is 0. The second-order valence-electron chi connectivity index (χ2n) is 6.30. The summed E-state index contributed by atoms with van der Waals surface area (Å²) in [6.45, 7) is 5.53. The van der Waals surface area contributed by atoms with Gasteiger partial charge in [-0.25, -0.2) is 0 Å². The van der Waals surface area contributed by atoms with E-state index in [1.807, 2.05) is 4.90 Å². The zero-order chi connectivity index (χ0) is 15.3. The molecule has 3 atom stereocenters. The standard InChI is InChI=1S/C15H27F3N2O/c1-2-7-19-9-13-5-6-14(21-13)11-20-8-3-4-12(10-20)15(16,17)18/h12-14,19H,2-11H2,1H3. The van der Waals surface area contributed by atoms with E-state index in [0.717, 1.165) is 38.9 Å². The molecule has 0 aliphatic carbocycles. The monoisotopic (exact) mass is 308 g/mol. The highest BCUT2D eigenvalue weighted by Crippen LogP contribution is 2.33. The second kappa shape index (κ2) is 7.79. The van der Waals surface area contributed by atoms with Crippen LogP contribution in [0.25, 0.3) is 0 Å². The van der Waals surface area contributed by atoms with E-state index >= 15 is 0 Å². The van der Waals surface area contributed by atoms with Gasteiger partial charge in [0.15, 0.2) is 0 Å². The van der Waals surface area contributed by atoms with E-state index in [1.54, 1.807) is 0 Å². The molecule has 2 saturated heterocycles. The molecule has 3 unspecified atom stereocenters. The van der Waals surface area contributed by atoms with Crippen LogP contribution in [0.4, 0.5) is 13.2 Å². The molecule has 0 radical (unpaired) electrons. The molecule has 2 rings (SSSR count). The first-order valence-electron chi connectivity index (χ1n) is 8.14. The molecule has 6 heteroatoms. The van der Waals surface area contributed by atoms with Crippen molar-refractivity contribution in [2.75, 3.05) is 32.7 Å². The number of hydrogen-bond donors (Lipinski definition) is 1. The minimum Gasteiger partial charge on any atom is -0.372 e. The van der Waals surface area contributed by atoms with Crippen LogP contribution in [0.1, 0.15) is 39.0 Å². The summed E-state index contributed by atoms with van der Waals surface area (Å²) < 4.78 is 44.3. The maximum atomic E-state index is 12.8. The summed E-state index contributed by atoms with van der Waals surface area (Å²) in [5.74, 6) is -1.16. The second-order valence-corrected chi connectivity index (χ2v) is 6.30. The lowest BCUT2D eigenvalue weighted by Crippen LogP contribution is -2.44. The van der Waals surface area contributed by atoms with Crippen molar-refractivity contribution in [1.29, 1.82) is 0 Å². The van der Waals surface area contributed by atoms with Gasteiger partial charge < -0.3 is 15.0 Å². The van der Waals surface area contributed by atoms with Crippen LogP contribution in [-0.4, -0.2) is 56.0 Å². The minimum absolute atomic E-state index is 0.102. The summed E-state index contributed by atoms with van der Waals surface area (Å²) in [5.41, 5.74) is 0. The quantitative estimate of drug-likeness (QED) is 0.764. The van der Waals surface area contributed by atoms with Crippen molar-refractivity contribution < 1.29 is 17.9 Å². The van der Waals surface area contributed by atoms with Gasteiger partial charge in [0.25, 0.3) is 0 Å². The number of nitrogens with one attached hydrogen (secondary N) is 1. The van der Waals surface area contributed by atoms with Gasteiger partial charge in [-0.3, -0.25) is 0 Å². The van der Waals surface area contributed by atoms with Crippen LogP contribution >= 0.6 is 0 Å². The van der Waals surface area contributed by atoms with Crippen molar-refractivity contribution in [2.24, 2.45) is 5.92 Å². The minimum atomic E-state index is -4.05. The molecule has 2 fully saturated rings. The van der Waals surface area contributed by atoms with Crippen LogP contribution in [0.3, 0.4) is 0 Å². The van der Waals surface area contributed by atoms with Crippen molar-refractivity contribution in [3.8, 4) is 0 Å². The molecular weight excluding hydrogens is 281 g/mol. The molecule has 21 heavy (non-hydrogen) atoms. The van der Waals surface area contributed by atoms with E-state index in [-0.39, 0.29) is 25.2 Å². The summed E-state index contributed by atoms with van der Waals surface area (Å²) >= 11 is 0. The first kappa shape index (κ1) is 17.0. The third kappa shape index (κ3) is 5.42. The Morgan fingerprint density at radius 2 is 1.95 bits per heavy atom. The lowest BCUT2D eigenvalue weighted by atomic mass is 9.97. The predicted molar refractivity (Wildman–Crippen MR) is 76.3 cm³/mol. The lowest BCUT2D eigenvalue weighted by Gasteiger charge is -2.35. The maximum absolute atomic E-state index is 12.8. The summed E-state index contributed by atoms with van der Waals surface area (Å²) in [4.78, 5) is 1.94. The molecule has 2 aliphatic rings. The molecule has 3 nitrogen and oxygen atoms in total. The number of ether oxygens (including phenoxy) is 1. The van der Waals surface area contributed by atoms with Crippen LogP contribution < -0.4 is 5.32 Å². The lowest BCUT2D eigenvalue weighted by molar-refractivity contribution is -0.187. The molecule has 0 spiro atoms. The van der Waals surface area contributed by atoms with E-state index in [9.17, 15) is 13.2 Å². The fourth-order valence-electron chi connectivity index (χ4n) is 3.28. The smallest absolute Gasteiger partial charge is 0.372 e. The van der Waals surface area contributed by atoms with Gasteiger partial charge in [-0.2, -0.15) is 13.2 Å². The maximum Gasteiger partial charge on any atom is 0.393 e. The van der Waals surface area contributed by atoms with Crippen LogP contribution in [0.2, 0.25) is 0 Å². The van der Waals surface area contributed by atoms with Crippen LogP contribution in [0, 0.1) is 5.92 Å². The van der Waals surface area contributed by atoms with E-state index in [0.29, 0.717) is 13.0 Å². The average molecular weight is 308 g/mol. The topological polar surface area (TPSA) is 24.5 Å². The molecule has 0 aromatic heterocycles. The highest BCUT2D eigenvalue weighted by atomic mass is 19.4. The van der Waals surface area contributed by atoms with Gasteiger partial charge in [-0.05, 0) is 45.2 Å². The Hall–Kier alpha value is -0.330.